The van der Waals surface area contributed by atoms with Gasteiger partial charge in [-0.2, -0.15) is 0 Å². The molecular weight excluding hydrogens is 250 g/mol. The van der Waals surface area contributed by atoms with Gasteiger partial charge in [0.25, 0.3) is 0 Å². The van der Waals surface area contributed by atoms with Crippen molar-refractivity contribution in [2.24, 2.45) is 0 Å². The number of benzene rings is 1. The van der Waals surface area contributed by atoms with Crippen LogP contribution in [0.3, 0.4) is 0 Å². The predicted octanol–water partition coefficient (Wildman–Crippen LogP) is 2.40. The second-order valence-corrected chi connectivity index (χ2v) is 4.20. The molecule has 1 aromatic heterocycles. The van der Waals surface area contributed by atoms with Crippen LogP contribution in [0.1, 0.15) is 11.1 Å². The molecule has 0 unspecified atom stereocenters. The minimum Gasteiger partial charge on any atom is -0.503 e. The van der Waals surface area contributed by atoms with Crippen LogP contribution in [0.5, 0.6) is 5.75 Å². The lowest BCUT2D eigenvalue weighted by Gasteiger charge is -2.06. The molecule has 19 heavy (non-hydrogen) atoms. The van der Waals surface area contributed by atoms with Gasteiger partial charge in [0.15, 0.2) is 17.4 Å². The summed E-state index contributed by atoms with van der Waals surface area (Å²) in [5.41, 5.74) is 1.55. The molecule has 0 saturated carbocycles. The van der Waals surface area contributed by atoms with Crippen LogP contribution >= 0.6 is 0 Å². The van der Waals surface area contributed by atoms with E-state index in [0.29, 0.717) is 18.7 Å². The number of rotatable bonds is 5. The quantitative estimate of drug-likeness (QED) is 0.815. The largest absolute Gasteiger partial charge is 0.503 e. The van der Waals surface area contributed by atoms with Gasteiger partial charge in [0.05, 0.1) is 0 Å². The zero-order valence-electron chi connectivity index (χ0n) is 10.2. The third-order valence-corrected chi connectivity index (χ3v) is 2.72. The van der Waals surface area contributed by atoms with Gasteiger partial charge in [-0.1, -0.05) is 6.07 Å². The Morgan fingerprint density at radius 3 is 2.53 bits per heavy atom. The second kappa shape index (κ2) is 6.24. The van der Waals surface area contributed by atoms with Crippen LogP contribution in [-0.4, -0.2) is 16.6 Å². The molecular formula is C14H14F2N2O. The highest BCUT2D eigenvalue weighted by molar-refractivity contribution is 5.29. The summed E-state index contributed by atoms with van der Waals surface area (Å²) in [4.78, 5) is 4.00. The number of aromatic nitrogens is 1. The van der Waals surface area contributed by atoms with E-state index in [4.69, 9.17) is 5.11 Å². The lowest BCUT2D eigenvalue weighted by atomic mass is 10.2. The summed E-state index contributed by atoms with van der Waals surface area (Å²) in [6, 6.07) is 6.07. The summed E-state index contributed by atoms with van der Waals surface area (Å²) < 4.78 is 26.2. The summed E-state index contributed by atoms with van der Waals surface area (Å²) in [5, 5.41) is 12.1. The minimum absolute atomic E-state index is 0.342. The van der Waals surface area contributed by atoms with Crippen molar-refractivity contribution in [2.75, 3.05) is 6.54 Å². The standard InChI is InChI=1S/C14H14F2N2O/c15-12-6-11(7-13(16)14(12)19)9-18-5-3-10-2-1-4-17-8-10/h1-2,4,6-8,18-19H,3,5,9H2. The van der Waals surface area contributed by atoms with Crippen LogP contribution in [0.15, 0.2) is 36.7 Å². The summed E-state index contributed by atoms with van der Waals surface area (Å²) in [6.07, 6.45) is 4.28. The van der Waals surface area contributed by atoms with Gasteiger partial charge in [-0.15, -0.1) is 0 Å². The van der Waals surface area contributed by atoms with Gasteiger partial charge in [-0.3, -0.25) is 4.98 Å². The van der Waals surface area contributed by atoms with E-state index in [-0.39, 0.29) is 0 Å². The number of hydrogen-bond donors (Lipinski definition) is 2. The van der Waals surface area contributed by atoms with E-state index in [2.05, 4.69) is 10.3 Å². The number of nitrogens with one attached hydrogen (secondary N) is 1. The van der Waals surface area contributed by atoms with Crippen molar-refractivity contribution in [2.45, 2.75) is 13.0 Å². The Hall–Kier alpha value is -2.01. The molecule has 0 radical (unpaired) electrons. The first kappa shape index (κ1) is 13.4. The van der Waals surface area contributed by atoms with Gasteiger partial charge in [-0.25, -0.2) is 8.78 Å². The number of phenols is 1. The average molecular weight is 264 g/mol. The summed E-state index contributed by atoms with van der Waals surface area (Å²) >= 11 is 0. The van der Waals surface area contributed by atoms with Crippen LogP contribution < -0.4 is 5.32 Å². The number of hydrogen-bond acceptors (Lipinski definition) is 3. The highest BCUT2D eigenvalue weighted by atomic mass is 19.1. The van der Waals surface area contributed by atoms with Gasteiger partial charge in [0.2, 0.25) is 0 Å². The number of pyridine rings is 1. The average Bonchev–Trinajstić information content (AvgIpc) is 2.42. The Bertz CT molecular complexity index is 523. The van der Waals surface area contributed by atoms with E-state index < -0.39 is 17.4 Å². The van der Waals surface area contributed by atoms with Crippen molar-refractivity contribution in [3.8, 4) is 5.75 Å². The summed E-state index contributed by atoms with van der Waals surface area (Å²) in [6.45, 7) is 1.02. The van der Waals surface area contributed by atoms with Crippen molar-refractivity contribution in [3.05, 3.63) is 59.4 Å². The molecule has 2 rings (SSSR count). The lowest BCUT2D eigenvalue weighted by Crippen LogP contribution is -2.17. The van der Waals surface area contributed by atoms with E-state index in [0.717, 1.165) is 24.1 Å². The smallest absolute Gasteiger partial charge is 0.187 e. The molecule has 0 spiro atoms. The van der Waals surface area contributed by atoms with Crippen LogP contribution in [0.25, 0.3) is 0 Å². The van der Waals surface area contributed by atoms with Gasteiger partial charge in [0.1, 0.15) is 0 Å². The normalized spacial score (nSPS) is 10.6. The first-order chi connectivity index (χ1) is 9.16. The fourth-order valence-electron chi connectivity index (χ4n) is 1.73. The Morgan fingerprint density at radius 1 is 1.16 bits per heavy atom. The maximum atomic E-state index is 13.1. The number of halogens is 2. The van der Waals surface area contributed by atoms with Crippen LogP contribution in [-0.2, 0) is 13.0 Å². The Morgan fingerprint density at radius 2 is 1.89 bits per heavy atom. The zero-order valence-corrected chi connectivity index (χ0v) is 10.2. The first-order valence-electron chi connectivity index (χ1n) is 5.93. The van der Waals surface area contributed by atoms with E-state index in [1.54, 1.807) is 12.4 Å². The molecule has 2 aromatic rings. The highest BCUT2D eigenvalue weighted by Gasteiger charge is 2.08. The summed E-state index contributed by atoms with van der Waals surface area (Å²) in [7, 11) is 0. The van der Waals surface area contributed by atoms with E-state index in [1.807, 2.05) is 12.1 Å². The zero-order chi connectivity index (χ0) is 13.7. The van der Waals surface area contributed by atoms with E-state index in [1.165, 1.54) is 0 Å². The van der Waals surface area contributed by atoms with Crippen LogP contribution in [0.2, 0.25) is 0 Å². The SMILES string of the molecule is Oc1c(F)cc(CNCCc2cccnc2)cc1F. The third-order valence-electron chi connectivity index (χ3n) is 2.72. The van der Waals surface area contributed by atoms with Crippen molar-refractivity contribution in [1.82, 2.24) is 10.3 Å². The van der Waals surface area contributed by atoms with Crippen molar-refractivity contribution >= 4 is 0 Å². The van der Waals surface area contributed by atoms with E-state index >= 15 is 0 Å². The third kappa shape index (κ3) is 3.72. The van der Waals surface area contributed by atoms with Crippen molar-refractivity contribution in [1.29, 1.82) is 0 Å². The molecule has 1 heterocycles. The molecule has 0 aliphatic heterocycles. The first-order valence-corrected chi connectivity index (χ1v) is 5.93. The van der Waals surface area contributed by atoms with E-state index in [9.17, 15) is 8.78 Å². The molecule has 3 nitrogen and oxygen atoms in total. The van der Waals surface area contributed by atoms with Crippen LogP contribution in [0, 0.1) is 11.6 Å². The Balaban J connectivity index is 1.83. The molecule has 0 aliphatic carbocycles. The van der Waals surface area contributed by atoms with Gasteiger partial charge in [0, 0.05) is 18.9 Å². The predicted molar refractivity (Wildman–Crippen MR) is 67.7 cm³/mol. The van der Waals surface area contributed by atoms with Gasteiger partial charge < -0.3 is 10.4 Å². The van der Waals surface area contributed by atoms with Crippen molar-refractivity contribution in [3.63, 3.8) is 0 Å². The molecule has 100 valence electrons. The molecule has 5 heteroatoms. The highest BCUT2D eigenvalue weighted by Crippen LogP contribution is 2.21. The molecule has 0 amide bonds. The van der Waals surface area contributed by atoms with Crippen molar-refractivity contribution < 1.29 is 13.9 Å². The Labute approximate surface area is 109 Å². The maximum absolute atomic E-state index is 13.1. The second-order valence-electron chi connectivity index (χ2n) is 4.20. The molecule has 0 saturated heterocycles. The Kier molecular flexibility index (Phi) is 4.41. The molecule has 0 atom stereocenters. The van der Waals surface area contributed by atoms with Crippen LogP contribution in [0.4, 0.5) is 8.78 Å². The lowest BCUT2D eigenvalue weighted by molar-refractivity contribution is 0.395. The maximum Gasteiger partial charge on any atom is 0.187 e. The van der Waals surface area contributed by atoms with Gasteiger partial charge >= 0.3 is 0 Å². The number of aromatic hydroxyl groups is 1. The molecule has 0 fully saturated rings. The fraction of sp³-hybridized carbons (Fsp3) is 0.214. The molecule has 1 aromatic carbocycles. The minimum atomic E-state index is -0.941. The molecule has 0 aliphatic rings. The van der Waals surface area contributed by atoms with Gasteiger partial charge in [-0.05, 0) is 42.3 Å². The fourth-order valence-corrected chi connectivity index (χ4v) is 1.73. The monoisotopic (exact) mass is 264 g/mol. The number of phenolic OH excluding ortho intramolecular Hbond substituents is 1. The molecule has 2 N–H and O–H groups in total. The number of nitrogens with zero attached hydrogens (tertiary/aromatic N) is 1. The molecule has 0 bridgehead atoms. The topological polar surface area (TPSA) is 45.1 Å². The summed E-state index contributed by atoms with van der Waals surface area (Å²) in [5.74, 6) is -2.81.